The molecule has 1 fully saturated rings. The molecule has 3 N–H and O–H groups in total. The molecule has 1 aliphatic carbocycles. The molecular weight excluding hydrogens is 288 g/mol. The molecular formula is C15H22N2O3S. The average Bonchev–Trinajstić information content (AvgIpc) is 2.95. The van der Waals surface area contributed by atoms with Crippen molar-refractivity contribution in [3.05, 3.63) is 23.8 Å². The Morgan fingerprint density at radius 2 is 2.10 bits per heavy atom. The van der Waals surface area contributed by atoms with E-state index >= 15 is 0 Å². The molecule has 0 aromatic heterocycles. The van der Waals surface area contributed by atoms with Gasteiger partial charge in [0.25, 0.3) is 0 Å². The van der Waals surface area contributed by atoms with Gasteiger partial charge in [-0.2, -0.15) is 0 Å². The van der Waals surface area contributed by atoms with Gasteiger partial charge in [-0.25, -0.2) is 13.1 Å². The van der Waals surface area contributed by atoms with Crippen molar-refractivity contribution in [3.63, 3.8) is 0 Å². The van der Waals surface area contributed by atoms with Gasteiger partial charge in [0.1, 0.15) is 5.75 Å². The van der Waals surface area contributed by atoms with Crippen LogP contribution in [-0.2, 0) is 16.4 Å². The number of hydrogen-bond donors (Lipinski definition) is 2. The van der Waals surface area contributed by atoms with Crippen LogP contribution in [-0.4, -0.2) is 27.6 Å². The Bertz CT molecular complexity index is 615. The van der Waals surface area contributed by atoms with Crippen LogP contribution in [0.1, 0.15) is 31.2 Å². The minimum atomic E-state index is -3.49. The molecule has 6 heteroatoms. The molecule has 0 amide bonds. The lowest BCUT2D eigenvalue weighted by atomic mass is 9.85. The Balaban J connectivity index is 1.80. The van der Waals surface area contributed by atoms with Gasteiger partial charge in [0, 0.05) is 12.5 Å². The summed E-state index contributed by atoms with van der Waals surface area (Å²) in [5, 5.41) is 0. The lowest BCUT2D eigenvalue weighted by Gasteiger charge is -2.31. The van der Waals surface area contributed by atoms with Gasteiger partial charge >= 0.3 is 0 Å². The van der Waals surface area contributed by atoms with E-state index in [1.54, 1.807) is 18.2 Å². The lowest BCUT2D eigenvalue weighted by Crippen LogP contribution is -2.44. The van der Waals surface area contributed by atoms with Crippen molar-refractivity contribution < 1.29 is 13.2 Å². The quantitative estimate of drug-likeness (QED) is 0.881. The first-order valence-electron chi connectivity index (χ1n) is 7.58. The number of fused-ring (bicyclic) bond motifs is 1. The molecule has 5 nitrogen and oxygen atoms in total. The molecule has 1 aromatic carbocycles. The van der Waals surface area contributed by atoms with Crippen molar-refractivity contribution in [3.8, 4) is 5.75 Å². The first kappa shape index (κ1) is 14.8. The summed E-state index contributed by atoms with van der Waals surface area (Å²) in [7, 11) is -3.49. The lowest BCUT2D eigenvalue weighted by molar-refractivity contribution is 0.296. The molecule has 2 unspecified atom stereocenters. The largest absolute Gasteiger partial charge is 0.493 e. The van der Waals surface area contributed by atoms with E-state index in [-0.39, 0.29) is 12.0 Å². The smallest absolute Gasteiger partial charge is 0.240 e. The van der Waals surface area contributed by atoms with E-state index in [4.69, 9.17) is 10.5 Å². The van der Waals surface area contributed by atoms with Crippen molar-refractivity contribution in [1.82, 2.24) is 4.72 Å². The fraction of sp³-hybridized carbons (Fsp3) is 0.600. The highest BCUT2D eigenvalue weighted by Gasteiger charge is 2.29. The topological polar surface area (TPSA) is 81.4 Å². The Labute approximate surface area is 125 Å². The Kier molecular flexibility index (Phi) is 4.19. The summed E-state index contributed by atoms with van der Waals surface area (Å²) >= 11 is 0. The van der Waals surface area contributed by atoms with E-state index in [1.165, 1.54) is 0 Å². The zero-order chi connectivity index (χ0) is 14.9. The molecule has 0 saturated heterocycles. The maximum absolute atomic E-state index is 12.6. The number of benzene rings is 1. The second-order valence-electron chi connectivity index (χ2n) is 5.88. The van der Waals surface area contributed by atoms with Crippen LogP contribution in [0, 0.1) is 5.92 Å². The zero-order valence-corrected chi connectivity index (χ0v) is 12.9. The number of ether oxygens (including phenoxy) is 1. The molecule has 0 spiro atoms. The third-order valence-electron chi connectivity index (χ3n) is 4.49. The number of hydrogen-bond acceptors (Lipinski definition) is 4. The van der Waals surface area contributed by atoms with Crippen LogP contribution in [0.4, 0.5) is 0 Å². The van der Waals surface area contributed by atoms with Crippen molar-refractivity contribution in [2.24, 2.45) is 11.7 Å². The highest BCUT2D eigenvalue weighted by molar-refractivity contribution is 7.89. The molecule has 1 aromatic rings. The standard InChI is InChI=1S/C15H22N2O3S/c16-10-12-3-1-2-4-14(12)17-21(18,19)13-5-6-15-11(9-13)7-8-20-15/h5-6,9,12,14,17H,1-4,7-8,10,16H2. The molecule has 0 radical (unpaired) electrons. The van der Waals surface area contributed by atoms with Crippen LogP contribution in [0.5, 0.6) is 5.75 Å². The highest BCUT2D eigenvalue weighted by atomic mass is 32.2. The van der Waals surface area contributed by atoms with Crippen LogP contribution < -0.4 is 15.2 Å². The third-order valence-corrected chi connectivity index (χ3v) is 5.98. The fourth-order valence-electron chi connectivity index (χ4n) is 3.24. The highest BCUT2D eigenvalue weighted by Crippen LogP contribution is 2.29. The third kappa shape index (κ3) is 3.07. The molecule has 1 saturated carbocycles. The summed E-state index contributed by atoms with van der Waals surface area (Å²) in [6.45, 7) is 1.16. The Hall–Kier alpha value is -1.11. The van der Waals surface area contributed by atoms with Gasteiger partial charge in [-0.3, -0.25) is 0 Å². The predicted molar refractivity (Wildman–Crippen MR) is 80.8 cm³/mol. The SMILES string of the molecule is NCC1CCCCC1NS(=O)(=O)c1ccc2c(c1)CCO2. The monoisotopic (exact) mass is 310 g/mol. The summed E-state index contributed by atoms with van der Waals surface area (Å²) in [5.74, 6) is 1.04. The van der Waals surface area contributed by atoms with E-state index in [2.05, 4.69) is 4.72 Å². The molecule has 21 heavy (non-hydrogen) atoms. The Morgan fingerprint density at radius 3 is 2.90 bits per heavy atom. The molecule has 1 heterocycles. The van der Waals surface area contributed by atoms with Crippen LogP contribution in [0.15, 0.2) is 23.1 Å². The minimum absolute atomic E-state index is 0.0433. The summed E-state index contributed by atoms with van der Waals surface area (Å²) in [6.07, 6.45) is 4.84. The van der Waals surface area contributed by atoms with E-state index < -0.39 is 10.0 Å². The second-order valence-corrected chi connectivity index (χ2v) is 7.59. The molecule has 2 aliphatic rings. The number of rotatable bonds is 4. The number of sulfonamides is 1. The Morgan fingerprint density at radius 1 is 1.29 bits per heavy atom. The molecule has 116 valence electrons. The van der Waals surface area contributed by atoms with Crippen molar-refractivity contribution in [2.45, 2.75) is 43.0 Å². The van der Waals surface area contributed by atoms with Crippen LogP contribution in [0.3, 0.4) is 0 Å². The van der Waals surface area contributed by atoms with Crippen molar-refractivity contribution >= 4 is 10.0 Å². The number of nitrogens with two attached hydrogens (primary N) is 1. The first-order chi connectivity index (χ1) is 10.1. The summed E-state index contributed by atoms with van der Waals surface area (Å²) in [5.41, 5.74) is 6.74. The van der Waals surface area contributed by atoms with Crippen LogP contribution in [0.25, 0.3) is 0 Å². The maximum atomic E-state index is 12.6. The van der Waals surface area contributed by atoms with Gasteiger partial charge in [0.2, 0.25) is 10.0 Å². The average molecular weight is 310 g/mol. The van der Waals surface area contributed by atoms with Gasteiger partial charge in [-0.1, -0.05) is 12.8 Å². The molecule has 0 bridgehead atoms. The van der Waals surface area contributed by atoms with Crippen molar-refractivity contribution in [1.29, 1.82) is 0 Å². The van der Waals surface area contributed by atoms with Crippen molar-refractivity contribution in [2.75, 3.05) is 13.2 Å². The van der Waals surface area contributed by atoms with E-state index in [9.17, 15) is 8.42 Å². The van der Waals surface area contributed by atoms with Gasteiger partial charge in [-0.15, -0.1) is 0 Å². The first-order valence-corrected chi connectivity index (χ1v) is 9.06. The number of nitrogens with one attached hydrogen (secondary N) is 1. The van der Waals surface area contributed by atoms with Gasteiger partial charge in [-0.05, 0) is 49.1 Å². The fourth-order valence-corrected chi connectivity index (χ4v) is 4.63. The second kappa shape index (κ2) is 5.94. The summed E-state index contributed by atoms with van der Waals surface area (Å²) in [6, 6.07) is 5.05. The minimum Gasteiger partial charge on any atom is -0.493 e. The summed E-state index contributed by atoms with van der Waals surface area (Å²) in [4.78, 5) is 0.327. The molecule has 1 aliphatic heterocycles. The maximum Gasteiger partial charge on any atom is 0.240 e. The van der Waals surface area contributed by atoms with E-state index in [0.717, 1.165) is 43.4 Å². The zero-order valence-electron chi connectivity index (χ0n) is 12.0. The van der Waals surface area contributed by atoms with Gasteiger partial charge in [0.15, 0.2) is 0 Å². The van der Waals surface area contributed by atoms with E-state index in [1.807, 2.05) is 0 Å². The van der Waals surface area contributed by atoms with Crippen LogP contribution >= 0.6 is 0 Å². The normalized spacial score (nSPS) is 25.4. The van der Waals surface area contributed by atoms with Gasteiger partial charge in [0.05, 0.1) is 11.5 Å². The summed E-state index contributed by atoms with van der Waals surface area (Å²) < 4.78 is 33.4. The van der Waals surface area contributed by atoms with Gasteiger partial charge < -0.3 is 10.5 Å². The predicted octanol–water partition coefficient (Wildman–Crippen LogP) is 1.42. The van der Waals surface area contributed by atoms with E-state index in [0.29, 0.717) is 18.0 Å². The molecule has 3 rings (SSSR count). The van der Waals surface area contributed by atoms with Crippen LogP contribution in [0.2, 0.25) is 0 Å². The molecule has 2 atom stereocenters.